The topological polar surface area (TPSA) is 258 Å². The number of phenols is 7. The first-order valence-electron chi connectivity index (χ1n) is 15.1. The molecule has 1 aliphatic rings. The number of phenolic OH excluding ortho intramolecular Hbond substituents is 7. The summed E-state index contributed by atoms with van der Waals surface area (Å²) < 4.78 is 16.7. The Labute approximate surface area is 288 Å². The molecule has 0 amide bonds. The van der Waals surface area contributed by atoms with E-state index in [4.69, 9.17) is 14.2 Å². The molecule has 0 bridgehead atoms. The molecule has 1 aliphatic heterocycles. The van der Waals surface area contributed by atoms with Crippen LogP contribution in [0.3, 0.4) is 0 Å². The normalized spacial score (nSPS) is 16.1. The summed E-state index contributed by atoms with van der Waals surface area (Å²) in [7, 11) is 0. The molecule has 0 radical (unpaired) electrons. The molecule has 264 valence electrons. The van der Waals surface area contributed by atoms with Crippen LogP contribution in [0.2, 0.25) is 0 Å². The number of carbonyl (C=O) groups excluding carboxylic acids is 3. The zero-order valence-corrected chi connectivity index (χ0v) is 26.2. The van der Waals surface area contributed by atoms with Gasteiger partial charge < -0.3 is 55.1 Å². The van der Waals surface area contributed by atoms with Crippen molar-refractivity contribution in [3.05, 3.63) is 101 Å². The predicted octanol–water partition coefficient (Wildman–Crippen LogP) is 3.45. The van der Waals surface area contributed by atoms with Crippen molar-refractivity contribution in [1.29, 1.82) is 0 Å². The number of carbonyl (C=O) groups is 4. The Morgan fingerprint density at radius 1 is 0.706 bits per heavy atom. The lowest BCUT2D eigenvalue weighted by Crippen LogP contribution is -2.28. The van der Waals surface area contributed by atoms with Crippen molar-refractivity contribution in [2.45, 2.75) is 37.1 Å². The Kier molecular flexibility index (Phi) is 10.2. The van der Waals surface area contributed by atoms with Crippen molar-refractivity contribution in [3.63, 3.8) is 0 Å². The molecule has 5 rings (SSSR count). The molecule has 8 N–H and O–H groups in total. The van der Waals surface area contributed by atoms with Crippen LogP contribution in [-0.2, 0) is 41.5 Å². The monoisotopic (exact) mass is 702 g/mol. The molecule has 4 unspecified atom stereocenters. The van der Waals surface area contributed by atoms with Crippen LogP contribution in [0.4, 0.5) is 0 Å². The third-order valence-electron chi connectivity index (χ3n) is 7.94. The SMILES string of the molecule is O=CC(Cc1ccc(O)c(O)c1)OC(=O)C1c2c(/C=C/C(=O)OC(Cc3ccc(O)c(O)c3)C(=O)O)ccc(O)c2OC1c1ccc(O)c(O)c1. The molecule has 0 fully saturated rings. The van der Waals surface area contributed by atoms with Crippen LogP contribution < -0.4 is 4.74 Å². The molecular weight excluding hydrogens is 672 g/mol. The molecule has 15 heteroatoms. The number of rotatable bonds is 12. The van der Waals surface area contributed by atoms with E-state index < -0.39 is 82.4 Å². The van der Waals surface area contributed by atoms with Crippen LogP contribution >= 0.6 is 0 Å². The number of aromatic hydroxyl groups is 7. The van der Waals surface area contributed by atoms with E-state index in [-0.39, 0.29) is 40.8 Å². The molecule has 15 nitrogen and oxygen atoms in total. The lowest BCUT2D eigenvalue weighted by Gasteiger charge is -2.21. The number of carboxylic acid groups (broad SMARTS) is 1. The van der Waals surface area contributed by atoms with E-state index in [1.165, 1.54) is 48.5 Å². The first kappa shape index (κ1) is 35.4. The van der Waals surface area contributed by atoms with Crippen molar-refractivity contribution in [3.8, 4) is 46.0 Å². The molecular formula is C36H30O15. The van der Waals surface area contributed by atoms with Gasteiger partial charge in [0.1, 0.15) is 12.0 Å². The van der Waals surface area contributed by atoms with Crippen LogP contribution in [0.25, 0.3) is 6.08 Å². The second kappa shape index (κ2) is 14.7. The number of ether oxygens (including phenoxy) is 3. The maximum Gasteiger partial charge on any atom is 0.345 e. The molecule has 4 aromatic carbocycles. The Hall–Kier alpha value is -6.90. The Bertz CT molecular complexity index is 2040. The van der Waals surface area contributed by atoms with Gasteiger partial charge in [-0.2, -0.15) is 0 Å². The summed E-state index contributed by atoms with van der Waals surface area (Å²) in [5.41, 5.74) is 0.816. The first-order chi connectivity index (χ1) is 24.2. The number of hydrogen-bond acceptors (Lipinski definition) is 14. The minimum Gasteiger partial charge on any atom is -0.504 e. The standard InChI is InChI=1S/C36H30O15/c37-16-21(11-17-1-6-22(38)26(42)12-17)49-36(48)32-31-19(3-9-25(41)34(31)51-33(32)20-4-8-24(40)28(44)15-20)5-10-30(45)50-29(35(46)47)14-18-2-7-23(39)27(43)13-18/h1-10,12-13,15-16,21,29,32-33,38-44H,11,14H2,(H,46,47)/b10-5+. The molecule has 4 atom stereocenters. The Morgan fingerprint density at radius 3 is 1.84 bits per heavy atom. The highest BCUT2D eigenvalue weighted by atomic mass is 16.6. The van der Waals surface area contributed by atoms with Gasteiger partial charge >= 0.3 is 17.9 Å². The van der Waals surface area contributed by atoms with Gasteiger partial charge in [0.05, 0.1) is 0 Å². The Balaban J connectivity index is 1.46. The fourth-order valence-corrected chi connectivity index (χ4v) is 5.45. The third-order valence-corrected chi connectivity index (χ3v) is 7.94. The number of aliphatic carboxylic acids is 1. The molecule has 0 saturated carbocycles. The summed E-state index contributed by atoms with van der Waals surface area (Å²) in [5.74, 6) is -8.60. The maximum absolute atomic E-state index is 13.9. The zero-order valence-electron chi connectivity index (χ0n) is 26.2. The predicted molar refractivity (Wildman–Crippen MR) is 173 cm³/mol. The zero-order chi connectivity index (χ0) is 37.0. The summed E-state index contributed by atoms with van der Waals surface area (Å²) in [5, 5.41) is 79.2. The van der Waals surface area contributed by atoms with Gasteiger partial charge in [-0.3, -0.25) is 9.59 Å². The van der Waals surface area contributed by atoms with Crippen molar-refractivity contribution in [2.24, 2.45) is 0 Å². The second-order valence-electron chi connectivity index (χ2n) is 11.4. The minimum atomic E-state index is -1.70. The van der Waals surface area contributed by atoms with E-state index in [2.05, 4.69) is 0 Å². The van der Waals surface area contributed by atoms with E-state index >= 15 is 0 Å². The van der Waals surface area contributed by atoms with Gasteiger partial charge in [-0.1, -0.05) is 24.3 Å². The average molecular weight is 703 g/mol. The average Bonchev–Trinajstić information content (AvgIpc) is 3.50. The number of benzene rings is 4. The van der Waals surface area contributed by atoms with Gasteiger partial charge in [-0.05, 0) is 70.8 Å². The smallest absolute Gasteiger partial charge is 0.345 e. The van der Waals surface area contributed by atoms with Crippen LogP contribution in [0.5, 0.6) is 46.0 Å². The lowest BCUT2D eigenvalue weighted by molar-refractivity contribution is -0.160. The van der Waals surface area contributed by atoms with Crippen molar-refractivity contribution in [2.75, 3.05) is 0 Å². The molecule has 0 aromatic heterocycles. The van der Waals surface area contributed by atoms with E-state index in [9.17, 15) is 60.0 Å². The number of hydrogen-bond donors (Lipinski definition) is 8. The van der Waals surface area contributed by atoms with Crippen LogP contribution in [0.1, 0.15) is 39.8 Å². The van der Waals surface area contributed by atoms with E-state index in [0.717, 1.165) is 30.3 Å². The van der Waals surface area contributed by atoms with E-state index in [1.807, 2.05) is 0 Å². The van der Waals surface area contributed by atoms with Gasteiger partial charge in [0, 0.05) is 24.5 Å². The van der Waals surface area contributed by atoms with Crippen LogP contribution in [0, 0.1) is 0 Å². The first-order valence-corrected chi connectivity index (χ1v) is 15.1. The van der Waals surface area contributed by atoms with Crippen molar-refractivity contribution >= 4 is 30.3 Å². The van der Waals surface area contributed by atoms with E-state index in [1.54, 1.807) is 0 Å². The van der Waals surface area contributed by atoms with Crippen LogP contribution in [-0.4, -0.2) is 77.3 Å². The quantitative estimate of drug-likeness (QED) is 0.0455. The Morgan fingerprint density at radius 2 is 1.27 bits per heavy atom. The summed E-state index contributed by atoms with van der Waals surface area (Å²) in [4.78, 5) is 50.6. The van der Waals surface area contributed by atoms with Gasteiger partial charge in [0.2, 0.25) is 6.10 Å². The molecule has 51 heavy (non-hydrogen) atoms. The summed E-state index contributed by atoms with van der Waals surface area (Å²) >= 11 is 0. The molecule has 0 spiro atoms. The number of aldehydes is 1. The number of fused-ring (bicyclic) bond motifs is 1. The maximum atomic E-state index is 13.9. The summed E-state index contributed by atoms with van der Waals surface area (Å²) in [6.45, 7) is 0. The van der Waals surface area contributed by atoms with Crippen LogP contribution in [0.15, 0.2) is 72.8 Å². The highest BCUT2D eigenvalue weighted by molar-refractivity contribution is 5.91. The number of esters is 2. The minimum absolute atomic E-state index is 0.0112. The van der Waals surface area contributed by atoms with Gasteiger partial charge in [0.15, 0.2) is 58.4 Å². The summed E-state index contributed by atoms with van der Waals surface area (Å²) in [6.07, 6.45) is -2.61. The fourth-order valence-electron chi connectivity index (χ4n) is 5.45. The van der Waals surface area contributed by atoms with Gasteiger partial charge in [-0.25, -0.2) is 9.59 Å². The van der Waals surface area contributed by atoms with Crippen molar-refractivity contribution < 1.29 is 74.2 Å². The largest absolute Gasteiger partial charge is 0.504 e. The second-order valence-corrected chi connectivity index (χ2v) is 11.4. The highest BCUT2D eigenvalue weighted by Crippen LogP contribution is 2.53. The third kappa shape index (κ3) is 7.88. The molecule has 4 aromatic rings. The highest BCUT2D eigenvalue weighted by Gasteiger charge is 2.45. The van der Waals surface area contributed by atoms with Crippen molar-refractivity contribution in [1.82, 2.24) is 0 Å². The fraction of sp³-hybridized carbons (Fsp3) is 0.167. The lowest BCUT2D eigenvalue weighted by atomic mass is 9.87. The molecule has 0 aliphatic carbocycles. The molecule has 0 saturated heterocycles. The number of carboxylic acids is 1. The van der Waals surface area contributed by atoms with E-state index in [0.29, 0.717) is 11.8 Å². The van der Waals surface area contributed by atoms with Gasteiger partial charge in [-0.15, -0.1) is 0 Å². The molecule has 1 heterocycles. The summed E-state index contributed by atoms with van der Waals surface area (Å²) in [6, 6.07) is 13.5. The van der Waals surface area contributed by atoms with Gasteiger partial charge in [0.25, 0.3) is 0 Å².